The topological polar surface area (TPSA) is 86.8 Å². The molecule has 1 aliphatic rings. The molecule has 0 aromatic heterocycles. The number of carbonyl (C=O) groups excluding carboxylic acids is 2. The van der Waals surface area contributed by atoms with Crippen molar-refractivity contribution < 1.29 is 18.0 Å². The van der Waals surface area contributed by atoms with Crippen molar-refractivity contribution in [2.24, 2.45) is 0 Å². The number of nitrogens with one attached hydrogen (secondary N) is 1. The van der Waals surface area contributed by atoms with Gasteiger partial charge in [0, 0.05) is 19.0 Å². The maximum atomic E-state index is 14.0. The van der Waals surface area contributed by atoms with E-state index in [1.165, 1.54) is 4.90 Å². The first-order chi connectivity index (χ1) is 18.3. The first-order valence-electron chi connectivity index (χ1n) is 13.0. The lowest BCUT2D eigenvalue weighted by Crippen LogP contribution is -2.54. The van der Waals surface area contributed by atoms with Gasteiger partial charge in [0.25, 0.3) is 0 Å². The van der Waals surface area contributed by atoms with Crippen LogP contribution in [0, 0.1) is 0 Å². The van der Waals surface area contributed by atoms with Crippen LogP contribution in [0.3, 0.4) is 0 Å². The van der Waals surface area contributed by atoms with Gasteiger partial charge in [0.1, 0.15) is 12.6 Å². The summed E-state index contributed by atoms with van der Waals surface area (Å²) in [5.74, 6) is -0.652. The van der Waals surface area contributed by atoms with Crippen molar-refractivity contribution in [2.75, 3.05) is 17.1 Å². The minimum Gasteiger partial charge on any atom is -0.352 e. The van der Waals surface area contributed by atoms with Crippen LogP contribution in [-0.2, 0) is 32.6 Å². The third kappa shape index (κ3) is 7.44. The average Bonchev–Trinajstić information content (AvgIpc) is 3.43. The van der Waals surface area contributed by atoms with E-state index in [9.17, 15) is 18.0 Å². The van der Waals surface area contributed by atoms with Crippen molar-refractivity contribution in [1.29, 1.82) is 0 Å². The Morgan fingerprint density at radius 3 is 1.92 bits per heavy atom. The number of amides is 2. The van der Waals surface area contributed by atoms with Crippen LogP contribution in [0.15, 0.2) is 91.0 Å². The highest BCUT2D eigenvalue weighted by atomic mass is 32.2. The molecule has 1 fully saturated rings. The second-order valence-corrected chi connectivity index (χ2v) is 11.7. The van der Waals surface area contributed by atoms with Crippen LogP contribution in [0.5, 0.6) is 0 Å². The maximum absolute atomic E-state index is 14.0. The summed E-state index contributed by atoms with van der Waals surface area (Å²) in [5, 5.41) is 3.17. The number of benzene rings is 3. The molecule has 3 aromatic carbocycles. The maximum Gasteiger partial charge on any atom is 0.244 e. The molecular formula is C30H35N3O4S. The molecule has 1 saturated carbocycles. The minimum absolute atomic E-state index is 0.0892. The molecule has 1 aliphatic carbocycles. The molecule has 1 unspecified atom stereocenters. The number of hydrogen-bond donors (Lipinski definition) is 1. The summed E-state index contributed by atoms with van der Waals surface area (Å²) in [5.41, 5.74) is 2.18. The molecule has 7 nitrogen and oxygen atoms in total. The Hall–Kier alpha value is -3.65. The van der Waals surface area contributed by atoms with Crippen LogP contribution in [0.2, 0.25) is 0 Å². The fourth-order valence-electron chi connectivity index (χ4n) is 4.91. The first-order valence-corrected chi connectivity index (χ1v) is 14.9. The van der Waals surface area contributed by atoms with Crippen molar-refractivity contribution in [3.63, 3.8) is 0 Å². The minimum atomic E-state index is -3.76. The average molecular weight is 534 g/mol. The predicted octanol–water partition coefficient (Wildman–Crippen LogP) is 4.15. The van der Waals surface area contributed by atoms with Crippen LogP contribution in [-0.4, -0.2) is 50.0 Å². The van der Waals surface area contributed by atoms with Crippen molar-refractivity contribution in [3.05, 3.63) is 102 Å². The summed E-state index contributed by atoms with van der Waals surface area (Å²) in [6, 6.07) is 26.9. The van der Waals surface area contributed by atoms with Gasteiger partial charge in [-0.2, -0.15) is 0 Å². The molecule has 0 bridgehead atoms. The number of nitrogens with zero attached hydrogens (tertiary/aromatic N) is 2. The molecular weight excluding hydrogens is 498 g/mol. The number of carbonyl (C=O) groups is 2. The molecule has 0 heterocycles. The largest absolute Gasteiger partial charge is 0.352 e. The Balaban J connectivity index is 1.69. The third-order valence-corrected chi connectivity index (χ3v) is 8.03. The Kier molecular flexibility index (Phi) is 9.18. The second kappa shape index (κ2) is 12.7. The standard InChI is InChI=1S/C30H35N3O4S/c1-38(36,37)33(27-19-9-4-10-20-27)23-29(34)32(22-25-15-7-3-8-16-25)28(21-24-13-5-2-6-14-24)30(35)31-26-17-11-12-18-26/h2-10,13-16,19-20,26,28H,11-12,17-18,21-23H2,1H3,(H,31,35). The van der Waals surface area contributed by atoms with Gasteiger partial charge in [0.2, 0.25) is 21.8 Å². The van der Waals surface area contributed by atoms with E-state index in [1.54, 1.807) is 30.3 Å². The summed E-state index contributed by atoms with van der Waals surface area (Å²) in [6.07, 6.45) is 5.40. The van der Waals surface area contributed by atoms with Gasteiger partial charge in [-0.05, 0) is 36.1 Å². The van der Waals surface area contributed by atoms with Crippen LogP contribution in [0.25, 0.3) is 0 Å². The number of anilines is 1. The Morgan fingerprint density at radius 2 is 1.37 bits per heavy atom. The van der Waals surface area contributed by atoms with Gasteiger partial charge in [-0.15, -0.1) is 0 Å². The number of rotatable bonds is 11. The summed E-state index contributed by atoms with van der Waals surface area (Å²) in [7, 11) is -3.76. The molecule has 38 heavy (non-hydrogen) atoms. The van der Waals surface area contributed by atoms with Gasteiger partial charge >= 0.3 is 0 Å². The number of para-hydroxylation sites is 1. The number of hydrogen-bond acceptors (Lipinski definition) is 4. The smallest absolute Gasteiger partial charge is 0.244 e. The van der Waals surface area contributed by atoms with Crippen molar-refractivity contribution in [3.8, 4) is 0 Å². The van der Waals surface area contributed by atoms with Crippen LogP contribution in [0.4, 0.5) is 5.69 Å². The predicted molar refractivity (Wildman–Crippen MR) is 150 cm³/mol. The van der Waals surface area contributed by atoms with Gasteiger partial charge in [-0.25, -0.2) is 8.42 Å². The zero-order chi connectivity index (χ0) is 27.0. The zero-order valence-electron chi connectivity index (χ0n) is 21.7. The van der Waals surface area contributed by atoms with Crippen molar-refractivity contribution in [1.82, 2.24) is 10.2 Å². The molecule has 0 saturated heterocycles. The number of sulfonamides is 1. The van der Waals surface area contributed by atoms with Crippen molar-refractivity contribution >= 4 is 27.5 Å². The SMILES string of the molecule is CS(=O)(=O)N(CC(=O)N(Cc1ccccc1)C(Cc1ccccc1)C(=O)NC1CCCC1)c1ccccc1. The Bertz CT molecular complexity index is 1300. The highest BCUT2D eigenvalue weighted by Gasteiger charge is 2.34. The molecule has 3 aromatic rings. The fourth-order valence-corrected chi connectivity index (χ4v) is 5.76. The van der Waals surface area contributed by atoms with Gasteiger partial charge in [-0.1, -0.05) is 91.7 Å². The highest BCUT2D eigenvalue weighted by Crippen LogP contribution is 2.22. The van der Waals surface area contributed by atoms with Crippen molar-refractivity contribution in [2.45, 2.75) is 50.7 Å². The summed E-state index contributed by atoms with van der Waals surface area (Å²) in [6.45, 7) is -0.223. The van der Waals surface area contributed by atoms with E-state index >= 15 is 0 Å². The lowest BCUT2D eigenvalue weighted by atomic mass is 10.0. The zero-order valence-corrected chi connectivity index (χ0v) is 22.5. The first kappa shape index (κ1) is 27.4. The molecule has 0 radical (unpaired) electrons. The molecule has 1 N–H and O–H groups in total. The van der Waals surface area contributed by atoms with E-state index in [4.69, 9.17) is 0 Å². The van der Waals surface area contributed by atoms with Crippen LogP contribution < -0.4 is 9.62 Å². The molecule has 1 atom stereocenters. The molecule has 2 amide bonds. The van der Waals surface area contributed by atoms with E-state index in [1.807, 2.05) is 60.7 Å². The lowest BCUT2D eigenvalue weighted by molar-refractivity contribution is -0.140. The molecule has 4 rings (SSSR count). The molecule has 0 aliphatic heterocycles. The fraction of sp³-hybridized carbons (Fsp3) is 0.333. The monoisotopic (exact) mass is 533 g/mol. The van der Waals surface area contributed by atoms with Crippen LogP contribution in [0.1, 0.15) is 36.8 Å². The van der Waals surface area contributed by atoms with Crippen LogP contribution >= 0.6 is 0 Å². The molecule has 200 valence electrons. The van der Waals surface area contributed by atoms with Gasteiger partial charge in [0.05, 0.1) is 11.9 Å². The lowest BCUT2D eigenvalue weighted by Gasteiger charge is -2.34. The summed E-state index contributed by atoms with van der Waals surface area (Å²) in [4.78, 5) is 29.3. The van der Waals surface area contributed by atoms with E-state index < -0.39 is 28.5 Å². The summed E-state index contributed by atoms with van der Waals surface area (Å²) < 4.78 is 26.6. The quantitative estimate of drug-likeness (QED) is 0.401. The normalized spacial score (nSPS) is 14.6. The Morgan fingerprint density at radius 1 is 0.842 bits per heavy atom. The van der Waals surface area contributed by atoms with E-state index in [0.29, 0.717) is 12.1 Å². The molecule has 8 heteroatoms. The highest BCUT2D eigenvalue weighted by molar-refractivity contribution is 7.92. The third-order valence-electron chi connectivity index (χ3n) is 6.89. The van der Waals surface area contributed by atoms with Gasteiger partial charge in [0.15, 0.2) is 0 Å². The van der Waals surface area contributed by atoms with E-state index in [-0.39, 0.29) is 18.5 Å². The van der Waals surface area contributed by atoms with E-state index in [2.05, 4.69) is 5.32 Å². The van der Waals surface area contributed by atoms with Gasteiger partial charge in [-0.3, -0.25) is 13.9 Å². The van der Waals surface area contributed by atoms with Gasteiger partial charge < -0.3 is 10.2 Å². The van der Waals surface area contributed by atoms with E-state index in [0.717, 1.165) is 47.4 Å². The second-order valence-electron chi connectivity index (χ2n) is 9.81. The Labute approximate surface area is 225 Å². The molecule has 0 spiro atoms. The summed E-state index contributed by atoms with van der Waals surface area (Å²) >= 11 is 0.